The van der Waals surface area contributed by atoms with Crippen molar-refractivity contribution >= 4 is 40.3 Å². The molecule has 2 amide bonds. The number of benzene rings is 4. The second-order valence-electron chi connectivity index (χ2n) is 8.96. The Bertz CT molecular complexity index is 1550. The molecular formula is C30H28N4O6. The second kappa shape index (κ2) is 12.4. The van der Waals surface area contributed by atoms with Crippen LogP contribution in [0.15, 0.2) is 91.0 Å². The molecule has 0 aliphatic heterocycles. The van der Waals surface area contributed by atoms with Crippen LogP contribution >= 0.6 is 0 Å². The Balaban J connectivity index is 1.56. The highest BCUT2D eigenvalue weighted by molar-refractivity contribution is 6.01. The Labute approximate surface area is 231 Å². The first-order valence-electron chi connectivity index (χ1n) is 12.4. The fourth-order valence-corrected chi connectivity index (χ4v) is 4.08. The zero-order valence-electron chi connectivity index (χ0n) is 22.0. The number of nitro groups is 1. The summed E-state index contributed by atoms with van der Waals surface area (Å²) in [6, 6.07) is 25.5. The predicted octanol–water partition coefficient (Wildman–Crippen LogP) is 5.98. The number of amides is 2. The van der Waals surface area contributed by atoms with Gasteiger partial charge in [-0.3, -0.25) is 24.6 Å². The summed E-state index contributed by atoms with van der Waals surface area (Å²) in [7, 11) is 0. The first kappa shape index (κ1) is 27.6. The monoisotopic (exact) mass is 540 g/mol. The quantitative estimate of drug-likeness (QED) is 0.143. The van der Waals surface area contributed by atoms with Gasteiger partial charge in [0.15, 0.2) is 0 Å². The molecule has 0 aromatic heterocycles. The topological polar surface area (TPSA) is 137 Å². The predicted molar refractivity (Wildman–Crippen MR) is 153 cm³/mol. The summed E-state index contributed by atoms with van der Waals surface area (Å²) in [6.07, 6.45) is 0. The molecule has 0 saturated carbocycles. The zero-order valence-corrected chi connectivity index (χ0v) is 22.0. The standard InChI is InChI=1S/C30H28N4O6/c1-20(35)32-25-8-4-10-27(16-25)39-19-23-12-13-29(30(15-23)34(37)38)33(21(2)36)26-9-5-11-28(17-26)40-18-22-6-3-7-24(31)14-22/h3-17H,18-19,31H2,1-2H3,(H,32,35). The number of anilines is 4. The Hall–Kier alpha value is -5.38. The van der Waals surface area contributed by atoms with E-state index in [1.54, 1.807) is 66.7 Å². The maximum Gasteiger partial charge on any atom is 0.293 e. The minimum absolute atomic E-state index is 0.0397. The first-order chi connectivity index (χ1) is 19.2. The van der Waals surface area contributed by atoms with Crippen molar-refractivity contribution in [2.24, 2.45) is 0 Å². The van der Waals surface area contributed by atoms with Gasteiger partial charge in [-0.25, -0.2) is 0 Å². The average molecular weight is 541 g/mol. The van der Waals surface area contributed by atoms with Crippen LogP contribution in [-0.4, -0.2) is 16.7 Å². The summed E-state index contributed by atoms with van der Waals surface area (Å²) in [6.45, 7) is 3.04. The van der Waals surface area contributed by atoms with Crippen LogP contribution in [-0.2, 0) is 22.8 Å². The van der Waals surface area contributed by atoms with Crippen LogP contribution in [0.3, 0.4) is 0 Å². The number of nitro benzene ring substituents is 1. The smallest absolute Gasteiger partial charge is 0.293 e. The van der Waals surface area contributed by atoms with Crippen LogP contribution in [0.4, 0.5) is 28.4 Å². The summed E-state index contributed by atoms with van der Waals surface area (Å²) < 4.78 is 11.7. The van der Waals surface area contributed by atoms with Gasteiger partial charge in [-0.2, -0.15) is 0 Å². The molecule has 40 heavy (non-hydrogen) atoms. The average Bonchev–Trinajstić information content (AvgIpc) is 2.91. The SMILES string of the molecule is CC(=O)Nc1cccc(OCc2ccc(N(C(C)=O)c3cccc(OCc4cccc(N)c4)c3)c([N+](=O)[O-])c2)c1. The van der Waals surface area contributed by atoms with Crippen molar-refractivity contribution in [1.82, 2.24) is 0 Å². The Morgan fingerprint density at radius 1 is 0.850 bits per heavy atom. The highest BCUT2D eigenvalue weighted by Crippen LogP contribution is 2.36. The van der Waals surface area contributed by atoms with Gasteiger partial charge in [-0.1, -0.05) is 30.3 Å². The van der Waals surface area contributed by atoms with Gasteiger partial charge in [0.25, 0.3) is 5.69 Å². The van der Waals surface area contributed by atoms with E-state index < -0.39 is 10.8 Å². The van der Waals surface area contributed by atoms with E-state index in [1.807, 2.05) is 12.1 Å². The third-order valence-corrected chi connectivity index (χ3v) is 5.78. The van der Waals surface area contributed by atoms with Crippen LogP contribution in [0.5, 0.6) is 11.5 Å². The number of nitrogen functional groups attached to an aromatic ring is 1. The van der Waals surface area contributed by atoms with E-state index in [0.717, 1.165) is 5.56 Å². The van der Waals surface area contributed by atoms with E-state index >= 15 is 0 Å². The molecule has 4 rings (SSSR count). The highest BCUT2D eigenvalue weighted by Gasteiger charge is 2.25. The zero-order chi connectivity index (χ0) is 28.6. The van der Waals surface area contributed by atoms with Crippen molar-refractivity contribution in [3.63, 3.8) is 0 Å². The molecule has 10 nitrogen and oxygen atoms in total. The summed E-state index contributed by atoms with van der Waals surface area (Å²) in [5, 5.41) is 14.7. The number of carbonyl (C=O) groups is 2. The van der Waals surface area contributed by atoms with Crippen molar-refractivity contribution in [1.29, 1.82) is 0 Å². The number of carbonyl (C=O) groups excluding carboxylic acids is 2. The molecule has 0 fully saturated rings. The Kier molecular flexibility index (Phi) is 8.60. The largest absolute Gasteiger partial charge is 0.489 e. The highest BCUT2D eigenvalue weighted by atomic mass is 16.6. The van der Waals surface area contributed by atoms with Crippen molar-refractivity contribution in [2.45, 2.75) is 27.1 Å². The fraction of sp³-hybridized carbons (Fsp3) is 0.133. The lowest BCUT2D eigenvalue weighted by Crippen LogP contribution is -2.23. The summed E-state index contributed by atoms with van der Waals surface area (Å²) >= 11 is 0. The van der Waals surface area contributed by atoms with Gasteiger partial charge in [0.1, 0.15) is 30.4 Å². The van der Waals surface area contributed by atoms with Gasteiger partial charge in [0, 0.05) is 43.4 Å². The van der Waals surface area contributed by atoms with Crippen molar-refractivity contribution < 1.29 is 24.0 Å². The number of nitrogens with one attached hydrogen (secondary N) is 1. The number of nitrogens with zero attached hydrogens (tertiary/aromatic N) is 2. The van der Waals surface area contributed by atoms with Crippen LogP contribution in [0.2, 0.25) is 0 Å². The molecule has 4 aromatic rings. The molecule has 3 N–H and O–H groups in total. The molecule has 0 radical (unpaired) electrons. The minimum Gasteiger partial charge on any atom is -0.489 e. The lowest BCUT2D eigenvalue weighted by molar-refractivity contribution is -0.384. The molecule has 204 valence electrons. The minimum atomic E-state index is -0.535. The third-order valence-electron chi connectivity index (χ3n) is 5.78. The molecule has 0 saturated heterocycles. The van der Waals surface area contributed by atoms with E-state index in [2.05, 4.69) is 5.32 Å². The van der Waals surface area contributed by atoms with Gasteiger partial charge in [-0.15, -0.1) is 0 Å². The molecule has 0 unspecified atom stereocenters. The maximum absolute atomic E-state index is 12.7. The van der Waals surface area contributed by atoms with Gasteiger partial charge < -0.3 is 20.5 Å². The molecule has 0 aliphatic rings. The van der Waals surface area contributed by atoms with E-state index in [9.17, 15) is 19.7 Å². The summed E-state index contributed by atoms with van der Waals surface area (Å²) in [4.78, 5) is 36.8. The van der Waals surface area contributed by atoms with Crippen LogP contribution < -0.4 is 25.4 Å². The molecule has 0 heterocycles. The van der Waals surface area contributed by atoms with Crippen molar-refractivity contribution in [2.75, 3.05) is 16.0 Å². The summed E-state index contributed by atoms with van der Waals surface area (Å²) in [5.41, 5.74) is 8.71. The van der Waals surface area contributed by atoms with E-state index in [4.69, 9.17) is 15.2 Å². The van der Waals surface area contributed by atoms with E-state index in [1.165, 1.54) is 30.9 Å². The van der Waals surface area contributed by atoms with Gasteiger partial charge in [0.2, 0.25) is 11.8 Å². The molecule has 4 aromatic carbocycles. The number of rotatable bonds is 10. The van der Waals surface area contributed by atoms with Gasteiger partial charge in [0.05, 0.1) is 10.6 Å². The van der Waals surface area contributed by atoms with Crippen LogP contribution in [0, 0.1) is 10.1 Å². The maximum atomic E-state index is 12.7. The van der Waals surface area contributed by atoms with E-state index in [-0.39, 0.29) is 30.5 Å². The molecule has 0 atom stereocenters. The Morgan fingerprint density at radius 3 is 2.15 bits per heavy atom. The normalized spacial score (nSPS) is 10.4. The lowest BCUT2D eigenvalue weighted by atomic mass is 10.1. The number of hydrogen-bond acceptors (Lipinski definition) is 7. The molecule has 0 aliphatic carbocycles. The molecule has 0 spiro atoms. The number of ether oxygens (including phenoxy) is 2. The molecule has 10 heteroatoms. The molecular weight excluding hydrogens is 512 g/mol. The third kappa shape index (κ3) is 7.13. The second-order valence-corrected chi connectivity index (χ2v) is 8.96. The van der Waals surface area contributed by atoms with E-state index in [0.29, 0.717) is 34.1 Å². The van der Waals surface area contributed by atoms with Crippen LogP contribution in [0.25, 0.3) is 0 Å². The fourth-order valence-electron chi connectivity index (χ4n) is 4.08. The lowest BCUT2D eigenvalue weighted by Gasteiger charge is -2.22. The van der Waals surface area contributed by atoms with Crippen molar-refractivity contribution in [3.8, 4) is 11.5 Å². The summed E-state index contributed by atoms with van der Waals surface area (Å²) in [5.74, 6) is 0.352. The van der Waals surface area contributed by atoms with Crippen LogP contribution in [0.1, 0.15) is 25.0 Å². The van der Waals surface area contributed by atoms with Crippen molar-refractivity contribution in [3.05, 3.63) is 112 Å². The molecule has 0 bridgehead atoms. The number of hydrogen-bond donors (Lipinski definition) is 2. The first-order valence-corrected chi connectivity index (χ1v) is 12.4. The Morgan fingerprint density at radius 2 is 1.50 bits per heavy atom. The number of nitrogens with two attached hydrogens (primary N) is 1. The van der Waals surface area contributed by atoms with Gasteiger partial charge >= 0.3 is 0 Å². The van der Waals surface area contributed by atoms with Gasteiger partial charge in [-0.05, 0) is 53.6 Å².